The van der Waals surface area contributed by atoms with E-state index in [4.69, 9.17) is 23.2 Å². The molecule has 0 spiro atoms. The summed E-state index contributed by atoms with van der Waals surface area (Å²) in [4.78, 5) is 14.6. The minimum Gasteiger partial charge on any atom is -0.376 e. The van der Waals surface area contributed by atoms with Gasteiger partial charge in [0.1, 0.15) is 11.9 Å². The van der Waals surface area contributed by atoms with Gasteiger partial charge in [0.15, 0.2) is 0 Å². The van der Waals surface area contributed by atoms with Crippen LogP contribution in [0.25, 0.3) is 0 Å². The molecule has 12 heteroatoms. The van der Waals surface area contributed by atoms with Crippen molar-refractivity contribution in [3.05, 3.63) is 27.7 Å². The van der Waals surface area contributed by atoms with Crippen molar-refractivity contribution < 1.29 is 35.0 Å². The number of rotatable bonds is 5. The summed E-state index contributed by atoms with van der Waals surface area (Å²) in [6, 6.07) is 1.85. The van der Waals surface area contributed by atoms with E-state index in [1.807, 2.05) is 0 Å². The SMILES string of the molecule is O=C1C(Cc2c(Cl)cc(OS(=O)(=O)C(F)(F)F)cc2Cl)CCN1C1CCC(F)CC1. The monoisotopic (exact) mass is 491 g/mol. The third-order valence-electron chi connectivity index (χ3n) is 5.47. The van der Waals surface area contributed by atoms with Crippen molar-refractivity contribution in [2.75, 3.05) is 6.54 Å². The standard InChI is InChI=1S/C18H19Cl2F4NO4S/c19-15-8-13(29-30(27,28)18(22,23)24)9-16(20)14(15)7-10-5-6-25(17(10)26)12-3-1-11(21)2-4-12/h8-12H,1-7H2. The first-order valence-electron chi connectivity index (χ1n) is 9.32. The number of likely N-dealkylation sites (tertiary alicyclic amines) is 1. The van der Waals surface area contributed by atoms with E-state index < -0.39 is 33.5 Å². The maximum Gasteiger partial charge on any atom is 0.534 e. The van der Waals surface area contributed by atoms with Crippen LogP contribution < -0.4 is 4.18 Å². The van der Waals surface area contributed by atoms with Crippen LogP contribution in [0, 0.1) is 5.92 Å². The second-order valence-electron chi connectivity index (χ2n) is 7.48. The predicted molar refractivity (Wildman–Crippen MR) is 103 cm³/mol. The molecule has 1 amide bonds. The zero-order chi connectivity index (χ0) is 22.3. The van der Waals surface area contributed by atoms with E-state index in [2.05, 4.69) is 4.18 Å². The average molecular weight is 492 g/mol. The summed E-state index contributed by atoms with van der Waals surface area (Å²) >= 11 is 12.2. The van der Waals surface area contributed by atoms with Crippen LogP contribution in [0.15, 0.2) is 12.1 Å². The zero-order valence-corrected chi connectivity index (χ0v) is 17.9. The Morgan fingerprint density at radius 2 is 1.63 bits per heavy atom. The van der Waals surface area contributed by atoms with Crippen LogP contribution in [0.3, 0.4) is 0 Å². The maximum atomic E-state index is 13.4. The van der Waals surface area contributed by atoms with E-state index in [1.54, 1.807) is 4.90 Å². The molecule has 5 nitrogen and oxygen atoms in total. The predicted octanol–water partition coefficient (Wildman–Crippen LogP) is 4.89. The number of carbonyl (C=O) groups is 1. The van der Waals surface area contributed by atoms with Crippen molar-refractivity contribution in [1.29, 1.82) is 0 Å². The fraction of sp³-hybridized carbons (Fsp3) is 0.611. The highest BCUT2D eigenvalue weighted by Crippen LogP contribution is 2.37. The lowest BCUT2D eigenvalue weighted by molar-refractivity contribution is -0.133. The summed E-state index contributed by atoms with van der Waals surface area (Å²) in [5.74, 6) is -1.19. The number of alkyl halides is 4. The molecule has 1 saturated heterocycles. The van der Waals surface area contributed by atoms with E-state index in [-0.39, 0.29) is 28.4 Å². The highest BCUT2D eigenvalue weighted by Gasteiger charge is 2.48. The molecule has 1 aromatic carbocycles. The van der Waals surface area contributed by atoms with Gasteiger partial charge >= 0.3 is 15.6 Å². The smallest absolute Gasteiger partial charge is 0.376 e. The average Bonchev–Trinajstić information content (AvgIpc) is 2.98. The number of hydrogen-bond acceptors (Lipinski definition) is 4. The van der Waals surface area contributed by atoms with Crippen LogP contribution >= 0.6 is 23.2 Å². The molecular weight excluding hydrogens is 473 g/mol. The molecule has 3 rings (SSSR count). The van der Waals surface area contributed by atoms with E-state index >= 15 is 0 Å². The Hall–Kier alpha value is -1.26. The van der Waals surface area contributed by atoms with Gasteiger partial charge in [0.2, 0.25) is 5.91 Å². The lowest BCUT2D eigenvalue weighted by atomic mass is 9.92. The number of benzene rings is 1. The quantitative estimate of drug-likeness (QED) is 0.334. The van der Waals surface area contributed by atoms with Gasteiger partial charge in [0, 0.05) is 40.7 Å². The van der Waals surface area contributed by atoms with Crippen LogP contribution in [0.5, 0.6) is 5.75 Å². The van der Waals surface area contributed by atoms with E-state index in [9.17, 15) is 30.8 Å². The van der Waals surface area contributed by atoms with Gasteiger partial charge in [-0.1, -0.05) is 23.2 Å². The van der Waals surface area contributed by atoms with Crippen molar-refractivity contribution in [2.45, 2.75) is 56.2 Å². The highest BCUT2D eigenvalue weighted by atomic mass is 35.5. The number of carbonyl (C=O) groups excluding carboxylic acids is 1. The van der Waals surface area contributed by atoms with Crippen molar-refractivity contribution in [3.8, 4) is 5.75 Å². The van der Waals surface area contributed by atoms with Gasteiger partial charge in [-0.2, -0.15) is 21.6 Å². The molecule has 1 atom stereocenters. The lowest BCUT2D eigenvalue weighted by Crippen LogP contribution is -2.40. The Labute approximate surface area is 181 Å². The molecule has 1 aliphatic heterocycles. The van der Waals surface area contributed by atoms with E-state index in [0.29, 0.717) is 44.2 Å². The van der Waals surface area contributed by atoms with Crippen molar-refractivity contribution >= 4 is 39.2 Å². The molecule has 30 heavy (non-hydrogen) atoms. The van der Waals surface area contributed by atoms with Crippen molar-refractivity contribution in [2.24, 2.45) is 5.92 Å². The topological polar surface area (TPSA) is 63.7 Å². The molecule has 168 valence electrons. The first-order chi connectivity index (χ1) is 13.9. The van der Waals surface area contributed by atoms with Crippen LogP contribution in [-0.2, 0) is 21.3 Å². The number of hydrogen-bond donors (Lipinski definition) is 0. The van der Waals surface area contributed by atoms with Gasteiger partial charge in [-0.15, -0.1) is 0 Å². The molecule has 1 heterocycles. The van der Waals surface area contributed by atoms with Gasteiger partial charge in [-0.3, -0.25) is 4.79 Å². The highest BCUT2D eigenvalue weighted by molar-refractivity contribution is 7.88. The van der Waals surface area contributed by atoms with Crippen LogP contribution in [-0.4, -0.2) is 43.5 Å². The second-order valence-corrected chi connectivity index (χ2v) is 9.83. The molecule has 2 aliphatic rings. The Morgan fingerprint density at radius 3 is 2.17 bits per heavy atom. The second kappa shape index (κ2) is 8.70. The van der Waals surface area contributed by atoms with Crippen molar-refractivity contribution in [3.63, 3.8) is 0 Å². The van der Waals surface area contributed by atoms with Crippen LogP contribution in [0.4, 0.5) is 17.6 Å². The number of nitrogens with zero attached hydrogens (tertiary/aromatic N) is 1. The lowest BCUT2D eigenvalue weighted by Gasteiger charge is -2.32. The minimum atomic E-state index is -5.86. The fourth-order valence-corrected chi connectivity index (χ4v) is 4.97. The van der Waals surface area contributed by atoms with Gasteiger partial charge in [-0.05, 0) is 44.1 Å². The Kier molecular flexibility index (Phi) is 6.79. The Bertz CT molecular complexity index is 894. The molecule has 0 N–H and O–H groups in total. The van der Waals surface area contributed by atoms with Gasteiger partial charge in [0.25, 0.3) is 0 Å². The van der Waals surface area contributed by atoms with Crippen LogP contribution in [0.2, 0.25) is 10.0 Å². The summed E-state index contributed by atoms with van der Waals surface area (Å²) in [5.41, 5.74) is -5.27. The molecule has 1 aliphatic carbocycles. The molecular formula is C18H19Cl2F4NO4S. The third kappa shape index (κ3) is 4.96. The van der Waals surface area contributed by atoms with E-state index in [0.717, 1.165) is 12.1 Å². The van der Waals surface area contributed by atoms with Crippen molar-refractivity contribution in [1.82, 2.24) is 4.90 Å². The largest absolute Gasteiger partial charge is 0.534 e. The van der Waals surface area contributed by atoms with Crippen LogP contribution in [0.1, 0.15) is 37.7 Å². The maximum absolute atomic E-state index is 13.4. The molecule has 1 aromatic rings. The van der Waals surface area contributed by atoms with Gasteiger partial charge < -0.3 is 9.08 Å². The Morgan fingerprint density at radius 1 is 1.07 bits per heavy atom. The fourth-order valence-electron chi connectivity index (χ4n) is 3.91. The molecule has 2 fully saturated rings. The summed E-state index contributed by atoms with van der Waals surface area (Å²) < 4.78 is 77.2. The number of halogens is 6. The van der Waals surface area contributed by atoms with Gasteiger partial charge in [-0.25, -0.2) is 4.39 Å². The summed E-state index contributed by atoms with van der Waals surface area (Å²) in [7, 11) is -5.86. The third-order valence-corrected chi connectivity index (χ3v) is 7.13. The Balaban J connectivity index is 1.71. The normalized spacial score (nSPS) is 25.6. The van der Waals surface area contributed by atoms with E-state index in [1.165, 1.54) is 0 Å². The minimum absolute atomic E-state index is 0.00351. The molecule has 0 aromatic heterocycles. The molecule has 1 unspecified atom stereocenters. The summed E-state index contributed by atoms with van der Waals surface area (Å²) in [6.07, 6.45) is 1.95. The molecule has 0 radical (unpaired) electrons. The van der Waals surface area contributed by atoms with Gasteiger partial charge in [0.05, 0.1) is 0 Å². The number of amides is 1. The zero-order valence-electron chi connectivity index (χ0n) is 15.6. The first kappa shape index (κ1) is 23.4. The first-order valence-corrected chi connectivity index (χ1v) is 11.5. The summed E-state index contributed by atoms with van der Waals surface area (Å²) in [6.45, 7) is 0.533. The summed E-state index contributed by atoms with van der Waals surface area (Å²) in [5, 5.41) is -0.196. The molecule has 1 saturated carbocycles. The molecule has 0 bridgehead atoms.